The summed E-state index contributed by atoms with van der Waals surface area (Å²) >= 11 is 17.1. The van der Waals surface area contributed by atoms with Crippen molar-refractivity contribution < 1.29 is 4.74 Å². The van der Waals surface area contributed by atoms with E-state index in [1.165, 1.54) is 0 Å². The molecule has 60 valence electrons. The van der Waals surface area contributed by atoms with Crippen molar-refractivity contribution in [2.45, 2.75) is 29.2 Å². The molecular weight excluding hydrogens is 194 g/mol. The van der Waals surface area contributed by atoms with E-state index in [1.54, 1.807) is 0 Å². The lowest BCUT2D eigenvalue weighted by atomic mass is 10.1. The van der Waals surface area contributed by atoms with Crippen molar-refractivity contribution >= 4 is 34.8 Å². The second kappa shape index (κ2) is 3.48. The van der Waals surface area contributed by atoms with Crippen LogP contribution in [0.5, 0.6) is 0 Å². The van der Waals surface area contributed by atoms with E-state index in [0.29, 0.717) is 6.61 Å². The lowest BCUT2D eigenvalue weighted by molar-refractivity contribution is -0.00757. The van der Waals surface area contributed by atoms with Crippen LogP contribution in [0.15, 0.2) is 0 Å². The first-order valence-corrected chi connectivity index (χ1v) is 4.51. The fourth-order valence-electron chi connectivity index (χ4n) is 0.954. The van der Waals surface area contributed by atoms with Crippen molar-refractivity contribution in [3.8, 4) is 0 Å². The van der Waals surface area contributed by atoms with Crippen LogP contribution < -0.4 is 0 Å². The van der Waals surface area contributed by atoms with Crippen molar-refractivity contribution in [3.05, 3.63) is 0 Å². The molecule has 1 aliphatic heterocycles. The lowest BCUT2D eigenvalue weighted by Gasteiger charge is -2.32. The summed E-state index contributed by atoms with van der Waals surface area (Å²) in [5, 5.41) is -0.818. The molecule has 0 spiro atoms. The van der Waals surface area contributed by atoms with Crippen LogP contribution >= 0.6 is 34.8 Å². The molecule has 1 fully saturated rings. The molecule has 1 nitrogen and oxygen atoms in total. The molecule has 1 heterocycles. The molecule has 0 N–H and O–H groups in total. The van der Waals surface area contributed by atoms with Crippen LogP contribution in [0, 0.1) is 0 Å². The van der Waals surface area contributed by atoms with Gasteiger partial charge in [-0.25, -0.2) is 0 Å². The van der Waals surface area contributed by atoms with Gasteiger partial charge in [0.1, 0.15) is 0 Å². The zero-order valence-corrected chi connectivity index (χ0v) is 7.72. The van der Waals surface area contributed by atoms with Gasteiger partial charge in [0.15, 0.2) is 9.90 Å². The maximum absolute atomic E-state index is 5.92. The Morgan fingerprint density at radius 1 is 1.30 bits per heavy atom. The highest BCUT2D eigenvalue weighted by Crippen LogP contribution is 2.36. The van der Waals surface area contributed by atoms with Gasteiger partial charge in [-0.05, 0) is 19.3 Å². The van der Waals surface area contributed by atoms with Crippen LogP contribution in [0.3, 0.4) is 0 Å². The summed E-state index contributed by atoms with van der Waals surface area (Å²) in [6, 6.07) is 0. The van der Waals surface area contributed by atoms with Crippen LogP contribution in [0.2, 0.25) is 0 Å². The highest BCUT2D eigenvalue weighted by Gasteiger charge is 2.37. The van der Waals surface area contributed by atoms with Crippen molar-refractivity contribution in [1.82, 2.24) is 0 Å². The van der Waals surface area contributed by atoms with Gasteiger partial charge in [0, 0.05) is 6.61 Å². The van der Waals surface area contributed by atoms with E-state index in [-0.39, 0.29) is 0 Å². The van der Waals surface area contributed by atoms with Gasteiger partial charge in [-0.3, -0.25) is 0 Å². The van der Waals surface area contributed by atoms with Gasteiger partial charge >= 0.3 is 0 Å². The summed E-state index contributed by atoms with van der Waals surface area (Å²) in [5.41, 5.74) is 0. The molecule has 1 unspecified atom stereocenters. The van der Waals surface area contributed by atoms with Crippen molar-refractivity contribution in [3.63, 3.8) is 0 Å². The molecule has 0 aromatic heterocycles. The zero-order valence-electron chi connectivity index (χ0n) is 5.45. The highest BCUT2D eigenvalue weighted by molar-refractivity contribution is 6.49. The van der Waals surface area contributed by atoms with Gasteiger partial charge in [0.2, 0.25) is 0 Å². The number of alkyl halides is 3. The standard InChI is InChI=1S/C6H9Cl3O/c7-5(8)6(9)3-1-2-4-10-6/h5H,1-4H2. The zero-order chi connectivity index (χ0) is 7.61. The first kappa shape index (κ1) is 8.92. The Bertz CT molecular complexity index is 110. The molecule has 1 rings (SSSR count). The average molecular weight is 203 g/mol. The van der Waals surface area contributed by atoms with Crippen LogP contribution in [0.4, 0.5) is 0 Å². The van der Waals surface area contributed by atoms with Crippen LogP contribution in [0.1, 0.15) is 19.3 Å². The molecule has 4 heteroatoms. The molecule has 0 bridgehead atoms. The minimum Gasteiger partial charge on any atom is -0.357 e. The predicted molar refractivity (Wildman–Crippen MR) is 43.9 cm³/mol. The Labute approximate surface area is 75.6 Å². The quantitative estimate of drug-likeness (QED) is 0.596. The smallest absolute Gasteiger partial charge is 0.171 e. The number of ether oxygens (including phenoxy) is 1. The molecule has 0 aromatic rings. The Morgan fingerprint density at radius 3 is 2.30 bits per heavy atom. The maximum Gasteiger partial charge on any atom is 0.171 e. The molecular formula is C6H9Cl3O. The average Bonchev–Trinajstić information content (AvgIpc) is 1.89. The van der Waals surface area contributed by atoms with E-state index in [4.69, 9.17) is 39.5 Å². The molecule has 0 amide bonds. The first-order chi connectivity index (χ1) is 4.65. The Hall–Kier alpha value is 0.830. The first-order valence-electron chi connectivity index (χ1n) is 3.26. The molecule has 1 atom stereocenters. The molecule has 1 saturated heterocycles. The lowest BCUT2D eigenvalue weighted by Crippen LogP contribution is -2.36. The third-order valence-corrected chi connectivity index (χ3v) is 3.02. The second-order valence-corrected chi connectivity index (χ2v) is 4.13. The Kier molecular flexibility index (Phi) is 3.11. The van der Waals surface area contributed by atoms with Crippen molar-refractivity contribution in [1.29, 1.82) is 0 Å². The van der Waals surface area contributed by atoms with Crippen LogP contribution in [-0.4, -0.2) is 16.5 Å². The van der Waals surface area contributed by atoms with Gasteiger partial charge in [-0.15, -0.1) is 23.2 Å². The molecule has 0 aliphatic carbocycles. The van der Waals surface area contributed by atoms with E-state index in [0.717, 1.165) is 19.3 Å². The molecule has 10 heavy (non-hydrogen) atoms. The molecule has 1 aliphatic rings. The fourth-order valence-corrected chi connectivity index (χ4v) is 1.51. The summed E-state index contributed by atoms with van der Waals surface area (Å²) < 4.78 is 5.23. The maximum atomic E-state index is 5.92. The summed E-state index contributed by atoms with van der Waals surface area (Å²) in [4.78, 5) is -0.630. The van der Waals surface area contributed by atoms with E-state index in [2.05, 4.69) is 0 Å². The van der Waals surface area contributed by atoms with E-state index < -0.39 is 9.90 Å². The minimum absolute atomic E-state index is 0.630. The van der Waals surface area contributed by atoms with Gasteiger partial charge in [-0.1, -0.05) is 11.6 Å². The largest absolute Gasteiger partial charge is 0.357 e. The third-order valence-electron chi connectivity index (χ3n) is 1.58. The monoisotopic (exact) mass is 202 g/mol. The van der Waals surface area contributed by atoms with E-state index in [1.807, 2.05) is 0 Å². The molecule has 0 saturated carbocycles. The summed E-state index contributed by atoms with van der Waals surface area (Å²) in [6.07, 6.45) is 2.83. The number of hydrogen-bond donors (Lipinski definition) is 0. The summed E-state index contributed by atoms with van der Waals surface area (Å²) in [5.74, 6) is 0. The van der Waals surface area contributed by atoms with Crippen LogP contribution in [0.25, 0.3) is 0 Å². The minimum atomic E-state index is -0.818. The summed E-state index contributed by atoms with van der Waals surface area (Å²) in [7, 11) is 0. The van der Waals surface area contributed by atoms with Gasteiger partial charge in [0.05, 0.1) is 0 Å². The summed E-state index contributed by atoms with van der Waals surface area (Å²) in [6.45, 7) is 0.666. The van der Waals surface area contributed by atoms with Crippen LogP contribution in [-0.2, 0) is 4.74 Å². The third kappa shape index (κ3) is 1.91. The van der Waals surface area contributed by atoms with Crippen molar-refractivity contribution in [2.75, 3.05) is 6.61 Å². The molecule has 0 aromatic carbocycles. The highest BCUT2D eigenvalue weighted by atomic mass is 35.5. The van der Waals surface area contributed by atoms with Gasteiger partial charge in [0.25, 0.3) is 0 Å². The van der Waals surface area contributed by atoms with E-state index >= 15 is 0 Å². The molecule has 0 radical (unpaired) electrons. The SMILES string of the molecule is ClC(Cl)C1(Cl)CCCCO1. The number of rotatable bonds is 1. The van der Waals surface area contributed by atoms with E-state index in [9.17, 15) is 0 Å². The van der Waals surface area contributed by atoms with Gasteiger partial charge < -0.3 is 4.74 Å². The van der Waals surface area contributed by atoms with Crippen molar-refractivity contribution in [2.24, 2.45) is 0 Å². The van der Waals surface area contributed by atoms with Gasteiger partial charge in [-0.2, -0.15) is 0 Å². The second-order valence-electron chi connectivity index (χ2n) is 2.39. The topological polar surface area (TPSA) is 9.23 Å². The Morgan fingerprint density at radius 2 is 2.00 bits per heavy atom. The number of hydrogen-bond acceptors (Lipinski definition) is 1. The Balaban J connectivity index is 2.48. The fraction of sp³-hybridized carbons (Fsp3) is 1.00. The predicted octanol–water partition coefficient (Wildman–Crippen LogP) is 2.93. The normalized spacial score (nSPS) is 34.8. The number of halogens is 3.